The van der Waals surface area contributed by atoms with Crippen LogP contribution >= 0.6 is 0 Å². The maximum Gasteiger partial charge on any atom is 0.253 e. The van der Waals surface area contributed by atoms with E-state index in [1.165, 1.54) is 6.08 Å². The first kappa shape index (κ1) is 27.6. The van der Waals surface area contributed by atoms with Crippen molar-refractivity contribution in [2.75, 3.05) is 73.3 Å². The molecule has 1 aromatic carbocycles. The number of nitrogen functional groups attached to an aromatic ring is 1. The van der Waals surface area contributed by atoms with Crippen molar-refractivity contribution in [3.63, 3.8) is 0 Å². The van der Waals surface area contributed by atoms with Crippen LogP contribution in [0.25, 0.3) is 11.3 Å². The molecule has 0 spiro atoms. The Morgan fingerprint density at radius 3 is 2.40 bits per heavy atom. The van der Waals surface area contributed by atoms with Crippen molar-refractivity contribution in [1.82, 2.24) is 19.9 Å². The highest BCUT2D eigenvalue weighted by Gasteiger charge is 2.36. The second-order valence-electron chi connectivity index (χ2n) is 11.1. The fourth-order valence-electron chi connectivity index (χ4n) is 6.09. The lowest BCUT2D eigenvalue weighted by Crippen LogP contribution is -2.51. The van der Waals surface area contributed by atoms with E-state index in [-0.39, 0.29) is 17.8 Å². The van der Waals surface area contributed by atoms with E-state index < -0.39 is 0 Å². The quantitative estimate of drug-likeness (QED) is 0.431. The van der Waals surface area contributed by atoms with Gasteiger partial charge in [-0.25, -0.2) is 15.0 Å². The van der Waals surface area contributed by atoms with Gasteiger partial charge >= 0.3 is 0 Å². The number of carbonyl (C=O) groups is 2. The average Bonchev–Trinajstić information content (AvgIpc) is 3.04. The van der Waals surface area contributed by atoms with Crippen LogP contribution in [0.15, 0.2) is 61.4 Å². The van der Waals surface area contributed by atoms with Crippen LogP contribution in [0, 0.1) is 11.8 Å². The number of morpholine rings is 1. The van der Waals surface area contributed by atoms with Gasteiger partial charge in [0.05, 0.1) is 18.9 Å². The zero-order chi connectivity index (χ0) is 29.1. The number of likely N-dealkylation sites (tertiary alicyclic amines) is 1. The molecular formula is C31H36N8O3. The molecule has 2 atom stereocenters. The molecule has 0 saturated carbocycles. The van der Waals surface area contributed by atoms with Crippen molar-refractivity contribution in [3.05, 3.63) is 67.0 Å². The number of amides is 2. The van der Waals surface area contributed by atoms with Crippen LogP contribution < -0.4 is 20.9 Å². The molecule has 2 unspecified atom stereocenters. The maximum absolute atomic E-state index is 13.3. The molecule has 6 rings (SSSR count). The summed E-state index contributed by atoms with van der Waals surface area (Å²) in [6.45, 7) is 9.77. The fourth-order valence-corrected chi connectivity index (χ4v) is 6.09. The van der Waals surface area contributed by atoms with Gasteiger partial charge < -0.3 is 30.5 Å². The van der Waals surface area contributed by atoms with E-state index in [1.807, 2.05) is 4.90 Å². The van der Waals surface area contributed by atoms with E-state index >= 15 is 0 Å². The number of nitrogens with one attached hydrogen (secondary N) is 1. The molecule has 2 amide bonds. The molecule has 11 heteroatoms. The lowest BCUT2D eigenvalue weighted by molar-refractivity contribution is -0.111. The fraction of sp³-hybridized carbons (Fsp3) is 0.387. The Morgan fingerprint density at radius 1 is 0.952 bits per heavy atom. The summed E-state index contributed by atoms with van der Waals surface area (Å²) < 4.78 is 5.57. The minimum absolute atomic E-state index is 0.0390. The van der Waals surface area contributed by atoms with Gasteiger partial charge in [-0.1, -0.05) is 6.58 Å². The minimum atomic E-state index is -0.276. The summed E-state index contributed by atoms with van der Waals surface area (Å²) in [6, 6.07) is 11.4. The van der Waals surface area contributed by atoms with Crippen molar-refractivity contribution >= 4 is 35.0 Å². The van der Waals surface area contributed by atoms with Gasteiger partial charge in [-0.3, -0.25) is 9.59 Å². The standard InChI is InChI=1S/C31H36N8O3/c1-2-29(40)35-25-5-3-21(4-6-25)30(41)39-10-8-22-19-38(9-7-23(22)20-39)26-15-27(24-17-33-31(32)34-18-24)36-28(16-26)37-11-13-42-14-12-37/h2-6,15-18,22-23H,1,7-14,19-20H2,(H,35,40)(H2,32,33,34). The van der Waals surface area contributed by atoms with E-state index in [9.17, 15) is 9.59 Å². The molecule has 3 aliphatic rings. The lowest BCUT2D eigenvalue weighted by Gasteiger charge is -2.45. The Labute approximate surface area is 245 Å². The second-order valence-corrected chi connectivity index (χ2v) is 11.1. The van der Waals surface area contributed by atoms with Crippen molar-refractivity contribution in [2.24, 2.45) is 11.8 Å². The van der Waals surface area contributed by atoms with Gasteiger partial charge in [0.1, 0.15) is 5.82 Å². The zero-order valence-electron chi connectivity index (χ0n) is 23.6. The van der Waals surface area contributed by atoms with Crippen molar-refractivity contribution in [2.45, 2.75) is 12.8 Å². The molecule has 0 aliphatic carbocycles. The van der Waals surface area contributed by atoms with Crippen LogP contribution in [0.3, 0.4) is 0 Å². The molecule has 0 bridgehead atoms. The molecule has 5 heterocycles. The summed E-state index contributed by atoms with van der Waals surface area (Å²) in [6.07, 6.45) is 6.64. The van der Waals surface area contributed by atoms with Crippen LogP contribution in [-0.4, -0.2) is 84.1 Å². The predicted octanol–water partition coefficient (Wildman–Crippen LogP) is 3.07. The Morgan fingerprint density at radius 2 is 1.67 bits per heavy atom. The van der Waals surface area contributed by atoms with Crippen molar-refractivity contribution in [1.29, 1.82) is 0 Å². The highest BCUT2D eigenvalue weighted by molar-refractivity contribution is 5.99. The van der Waals surface area contributed by atoms with E-state index in [0.717, 1.165) is 74.9 Å². The van der Waals surface area contributed by atoms with Gasteiger partial charge in [0.15, 0.2) is 0 Å². The van der Waals surface area contributed by atoms with Crippen LogP contribution in [0.2, 0.25) is 0 Å². The minimum Gasteiger partial charge on any atom is -0.378 e. The third-order valence-corrected chi connectivity index (χ3v) is 8.45. The first-order valence-corrected chi connectivity index (χ1v) is 14.5. The number of nitrogens with two attached hydrogens (primary N) is 1. The lowest BCUT2D eigenvalue weighted by atomic mass is 9.80. The number of aromatic nitrogens is 3. The number of rotatable bonds is 6. The van der Waals surface area contributed by atoms with Crippen molar-refractivity contribution < 1.29 is 14.3 Å². The number of hydrogen-bond donors (Lipinski definition) is 2. The SMILES string of the molecule is C=CC(=O)Nc1ccc(C(=O)N2CCC3CN(c4cc(-c5cnc(N)nc5)nc(N5CCOCC5)c4)CCC3C2)cc1. The summed E-state index contributed by atoms with van der Waals surface area (Å²) in [7, 11) is 0. The Bertz CT molecular complexity index is 1440. The molecule has 218 valence electrons. The van der Waals surface area contributed by atoms with E-state index in [4.69, 9.17) is 15.5 Å². The largest absolute Gasteiger partial charge is 0.378 e. The molecule has 3 aliphatic heterocycles. The van der Waals surface area contributed by atoms with Crippen molar-refractivity contribution in [3.8, 4) is 11.3 Å². The molecule has 0 radical (unpaired) electrons. The second kappa shape index (κ2) is 12.2. The highest BCUT2D eigenvalue weighted by atomic mass is 16.5. The molecule has 3 N–H and O–H groups in total. The van der Waals surface area contributed by atoms with Crippen LogP contribution in [0.1, 0.15) is 23.2 Å². The Hall–Kier alpha value is -4.51. The molecule has 2 aromatic heterocycles. The van der Waals surface area contributed by atoms with Gasteiger partial charge in [0.2, 0.25) is 11.9 Å². The number of ether oxygens (including phenoxy) is 1. The Kier molecular flexibility index (Phi) is 8.00. The molecule has 3 saturated heterocycles. The monoisotopic (exact) mass is 568 g/mol. The van der Waals surface area contributed by atoms with E-state index in [2.05, 4.69) is 43.8 Å². The number of anilines is 4. The number of carbonyl (C=O) groups excluding carboxylic acids is 2. The van der Waals surface area contributed by atoms with Gasteiger partial charge in [0.25, 0.3) is 5.91 Å². The number of benzene rings is 1. The average molecular weight is 569 g/mol. The number of nitrogens with zero attached hydrogens (tertiary/aromatic N) is 6. The van der Waals surface area contributed by atoms with Crippen LogP contribution in [0.5, 0.6) is 0 Å². The molecule has 11 nitrogen and oxygen atoms in total. The zero-order valence-corrected chi connectivity index (χ0v) is 23.6. The van der Waals surface area contributed by atoms with Gasteiger partial charge in [-0.15, -0.1) is 0 Å². The summed E-state index contributed by atoms with van der Waals surface area (Å²) in [5.41, 5.74) is 9.80. The molecule has 42 heavy (non-hydrogen) atoms. The summed E-state index contributed by atoms with van der Waals surface area (Å²) >= 11 is 0. The van der Waals surface area contributed by atoms with E-state index in [0.29, 0.717) is 36.3 Å². The number of piperidine rings is 2. The summed E-state index contributed by atoms with van der Waals surface area (Å²) in [4.78, 5) is 44.9. The van der Waals surface area contributed by atoms with Gasteiger partial charge in [-0.05, 0) is 61.1 Å². The van der Waals surface area contributed by atoms with E-state index in [1.54, 1.807) is 36.7 Å². The normalized spacial score (nSPS) is 20.5. The molecule has 3 fully saturated rings. The summed E-state index contributed by atoms with van der Waals surface area (Å²) in [5.74, 6) is 1.89. The van der Waals surface area contributed by atoms with Gasteiger partial charge in [-0.2, -0.15) is 0 Å². The van der Waals surface area contributed by atoms with Crippen LogP contribution in [0.4, 0.5) is 23.1 Å². The Balaban J connectivity index is 1.15. The highest BCUT2D eigenvalue weighted by Crippen LogP contribution is 2.36. The van der Waals surface area contributed by atoms with Crippen LogP contribution in [-0.2, 0) is 9.53 Å². The number of pyridine rings is 1. The summed E-state index contributed by atoms with van der Waals surface area (Å²) in [5, 5.41) is 2.72. The number of fused-ring (bicyclic) bond motifs is 1. The first-order valence-electron chi connectivity index (χ1n) is 14.5. The predicted molar refractivity (Wildman–Crippen MR) is 162 cm³/mol. The molecular weight excluding hydrogens is 532 g/mol. The molecule has 3 aromatic rings. The number of hydrogen-bond acceptors (Lipinski definition) is 9. The third kappa shape index (κ3) is 6.06. The topological polar surface area (TPSA) is 130 Å². The third-order valence-electron chi connectivity index (χ3n) is 8.45. The van der Waals surface area contributed by atoms with Gasteiger partial charge in [0, 0.05) is 80.2 Å². The first-order chi connectivity index (χ1) is 20.5. The smallest absolute Gasteiger partial charge is 0.253 e. The maximum atomic E-state index is 13.3.